The molecule has 0 saturated heterocycles. The Morgan fingerprint density at radius 3 is 2.41 bits per heavy atom. The van der Waals surface area contributed by atoms with Crippen LogP contribution >= 0.6 is 11.6 Å². The Kier molecular flexibility index (Phi) is 4.98. The van der Waals surface area contributed by atoms with Crippen LogP contribution in [0.5, 0.6) is 5.75 Å². The minimum Gasteiger partial charge on any atom is -0.497 e. The summed E-state index contributed by atoms with van der Waals surface area (Å²) in [7, 11) is 1.61. The van der Waals surface area contributed by atoms with Gasteiger partial charge in [0.05, 0.1) is 24.1 Å². The first kappa shape index (κ1) is 20.3. The van der Waals surface area contributed by atoms with Gasteiger partial charge in [-0.15, -0.1) is 0 Å². The normalized spacial score (nSPS) is 15.3. The topological polar surface area (TPSA) is 59.8 Å². The van der Waals surface area contributed by atoms with Gasteiger partial charge in [-0.1, -0.05) is 47.5 Å². The van der Waals surface area contributed by atoms with Crippen LogP contribution < -0.4 is 10.2 Å². The van der Waals surface area contributed by atoms with Gasteiger partial charge in [0.1, 0.15) is 11.3 Å². The van der Waals surface area contributed by atoms with E-state index in [-0.39, 0.29) is 17.1 Å². The Morgan fingerprint density at radius 1 is 1.00 bits per heavy atom. The summed E-state index contributed by atoms with van der Waals surface area (Å²) in [5.74, 6) is 0.521. The van der Waals surface area contributed by atoms with Crippen molar-refractivity contribution in [3.8, 4) is 5.75 Å². The molecule has 0 saturated carbocycles. The second kappa shape index (κ2) is 7.84. The maximum Gasteiger partial charge on any atom is 0.291 e. The molecule has 3 aromatic carbocycles. The van der Waals surface area contributed by atoms with Crippen LogP contribution in [0.25, 0.3) is 11.0 Å². The molecule has 1 atom stereocenters. The number of carbonyl (C=O) groups is 1. The molecular weight excluding hydrogens is 426 g/mol. The molecule has 32 heavy (non-hydrogen) atoms. The van der Waals surface area contributed by atoms with Crippen LogP contribution in [0.1, 0.15) is 38.9 Å². The van der Waals surface area contributed by atoms with Crippen molar-refractivity contribution >= 4 is 28.5 Å². The quantitative estimate of drug-likeness (QED) is 0.415. The molecule has 1 aliphatic rings. The SMILES string of the molecule is COc1ccc(CN2C(=O)c3oc4ccc(C)cc4c(=O)c3C2c2ccc(Cl)cc2)cc1. The zero-order chi connectivity index (χ0) is 22.4. The third-order valence-corrected chi connectivity index (χ3v) is 6.07. The predicted octanol–water partition coefficient (Wildman–Crippen LogP) is 5.51. The zero-order valence-corrected chi connectivity index (χ0v) is 18.3. The van der Waals surface area contributed by atoms with E-state index in [1.807, 2.05) is 49.4 Å². The molecule has 0 bridgehead atoms. The van der Waals surface area contributed by atoms with E-state index in [0.29, 0.717) is 28.1 Å². The lowest BCUT2D eigenvalue weighted by atomic mass is 9.98. The monoisotopic (exact) mass is 445 g/mol. The van der Waals surface area contributed by atoms with Gasteiger partial charge in [-0.25, -0.2) is 0 Å². The Labute approximate surface area is 189 Å². The van der Waals surface area contributed by atoms with Crippen LogP contribution in [0.2, 0.25) is 5.02 Å². The summed E-state index contributed by atoms with van der Waals surface area (Å²) < 4.78 is 11.2. The molecule has 0 spiro atoms. The van der Waals surface area contributed by atoms with Crippen molar-refractivity contribution < 1.29 is 13.9 Å². The molecule has 0 fully saturated rings. The minimum absolute atomic E-state index is 0.0971. The fourth-order valence-corrected chi connectivity index (χ4v) is 4.34. The molecule has 4 aromatic rings. The van der Waals surface area contributed by atoms with Gasteiger partial charge in [0.2, 0.25) is 5.76 Å². The van der Waals surface area contributed by atoms with Crippen molar-refractivity contribution in [2.45, 2.75) is 19.5 Å². The van der Waals surface area contributed by atoms with Gasteiger partial charge < -0.3 is 14.1 Å². The summed E-state index contributed by atoms with van der Waals surface area (Å²) in [4.78, 5) is 28.7. The van der Waals surface area contributed by atoms with Crippen molar-refractivity contribution in [3.63, 3.8) is 0 Å². The molecular formula is C26H20ClNO4. The standard InChI is InChI=1S/C26H20ClNO4/c1-15-3-12-21-20(13-15)24(29)22-23(17-6-8-18(27)9-7-17)28(26(30)25(22)32-21)14-16-4-10-19(31-2)11-5-16/h3-13,23H,14H2,1-2H3. The molecule has 1 aliphatic heterocycles. The number of aryl methyl sites for hydroxylation is 1. The molecule has 2 heterocycles. The lowest BCUT2D eigenvalue weighted by Gasteiger charge is -2.25. The van der Waals surface area contributed by atoms with Gasteiger partial charge in [-0.2, -0.15) is 0 Å². The molecule has 5 rings (SSSR count). The highest BCUT2D eigenvalue weighted by molar-refractivity contribution is 6.30. The number of hydrogen-bond acceptors (Lipinski definition) is 4. The fraction of sp³-hybridized carbons (Fsp3) is 0.154. The highest BCUT2D eigenvalue weighted by atomic mass is 35.5. The third-order valence-electron chi connectivity index (χ3n) is 5.82. The van der Waals surface area contributed by atoms with Crippen molar-refractivity contribution in [3.05, 3.63) is 110 Å². The Balaban J connectivity index is 1.68. The van der Waals surface area contributed by atoms with E-state index in [0.717, 1.165) is 22.4 Å². The van der Waals surface area contributed by atoms with E-state index >= 15 is 0 Å². The molecule has 0 radical (unpaired) electrons. The molecule has 1 amide bonds. The second-order valence-corrected chi connectivity index (χ2v) is 8.35. The van der Waals surface area contributed by atoms with E-state index in [1.54, 1.807) is 36.3 Å². The molecule has 1 aromatic heterocycles. The van der Waals surface area contributed by atoms with Crippen LogP contribution in [0.4, 0.5) is 0 Å². The van der Waals surface area contributed by atoms with Crippen LogP contribution in [0.15, 0.2) is 75.9 Å². The number of amides is 1. The minimum atomic E-state index is -0.571. The molecule has 1 unspecified atom stereocenters. The predicted molar refractivity (Wildman–Crippen MR) is 123 cm³/mol. The van der Waals surface area contributed by atoms with Gasteiger partial charge in [-0.05, 0) is 54.4 Å². The number of benzene rings is 3. The van der Waals surface area contributed by atoms with E-state index < -0.39 is 6.04 Å². The van der Waals surface area contributed by atoms with Gasteiger partial charge in [0.15, 0.2) is 5.43 Å². The van der Waals surface area contributed by atoms with Crippen LogP contribution in [0, 0.1) is 6.92 Å². The van der Waals surface area contributed by atoms with Gasteiger partial charge in [-0.3, -0.25) is 9.59 Å². The van der Waals surface area contributed by atoms with Crippen LogP contribution in [-0.4, -0.2) is 17.9 Å². The van der Waals surface area contributed by atoms with E-state index in [9.17, 15) is 9.59 Å². The largest absolute Gasteiger partial charge is 0.497 e. The molecule has 0 aliphatic carbocycles. The number of ether oxygens (including phenoxy) is 1. The third kappa shape index (κ3) is 3.35. The number of fused-ring (bicyclic) bond motifs is 2. The first-order chi connectivity index (χ1) is 15.5. The highest BCUT2D eigenvalue weighted by Gasteiger charge is 2.42. The second-order valence-electron chi connectivity index (χ2n) is 7.91. The van der Waals surface area contributed by atoms with Crippen molar-refractivity contribution in [1.82, 2.24) is 4.90 Å². The summed E-state index contributed by atoms with van der Waals surface area (Å²) in [6.07, 6.45) is 0. The van der Waals surface area contributed by atoms with Gasteiger partial charge >= 0.3 is 0 Å². The average molecular weight is 446 g/mol. The Morgan fingerprint density at radius 2 is 1.72 bits per heavy atom. The van der Waals surface area contributed by atoms with Gasteiger partial charge in [0, 0.05) is 11.6 Å². The molecule has 0 N–H and O–H groups in total. The lowest BCUT2D eigenvalue weighted by molar-refractivity contribution is 0.0714. The molecule has 5 nitrogen and oxygen atoms in total. The summed E-state index contributed by atoms with van der Waals surface area (Å²) >= 11 is 6.10. The molecule has 160 valence electrons. The van der Waals surface area contributed by atoms with Gasteiger partial charge in [0.25, 0.3) is 5.91 Å². The Hall–Kier alpha value is -3.57. The fourth-order valence-electron chi connectivity index (χ4n) is 4.22. The number of hydrogen-bond donors (Lipinski definition) is 0. The smallest absolute Gasteiger partial charge is 0.291 e. The lowest BCUT2D eigenvalue weighted by Crippen LogP contribution is -2.29. The van der Waals surface area contributed by atoms with Crippen molar-refractivity contribution in [1.29, 1.82) is 0 Å². The van der Waals surface area contributed by atoms with E-state index in [1.165, 1.54) is 0 Å². The summed E-state index contributed by atoms with van der Waals surface area (Å²) in [5.41, 5.74) is 3.26. The van der Waals surface area contributed by atoms with E-state index in [2.05, 4.69) is 0 Å². The Bertz CT molecular complexity index is 1390. The van der Waals surface area contributed by atoms with Crippen LogP contribution in [0.3, 0.4) is 0 Å². The van der Waals surface area contributed by atoms with Crippen LogP contribution in [-0.2, 0) is 6.54 Å². The van der Waals surface area contributed by atoms with Crippen molar-refractivity contribution in [2.24, 2.45) is 0 Å². The maximum atomic E-state index is 13.6. The maximum absolute atomic E-state index is 13.6. The zero-order valence-electron chi connectivity index (χ0n) is 17.6. The summed E-state index contributed by atoms with van der Waals surface area (Å²) in [5, 5.41) is 1.06. The van der Waals surface area contributed by atoms with E-state index in [4.69, 9.17) is 20.8 Å². The average Bonchev–Trinajstić information content (AvgIpc) is 3.07. The first-order valence-electron chi connectivity index (χ1n) is 10.2. The number of halogens is 1. The first-order valence-corrected chi connectivity index (χ1v) is 10.6. The summed E-state index contributed by atoms with van der Waals surface area (Å²) in [6.45, 7) is 2.24. The number of rotatable bonds is 4. The molecule has 6 heteroatoms. The summed E-state index contributed by atoms with van der Waals surface area (Å²) in [6, 6.07) is 19.6. The number of nitrogens with zero attached hydrogens (tertiary/aromatic N) is 1. The number of carbonyl (C=O) groups excluding carboxylic acids is 1. The highest BCUT2D eigenvalue weighted by Crippen LogP contribution is 2.39. The van der Waals surface area contributed by atoms with Crippen molar-refractivity contribution in [2.75, 3.05) is 7.11 Å². The number of methoxy groups -OCH3 is 1.